The van der Waals surface area contributed by atoms with E-state index in [2.05, 4.69) is 45.1 Å². The molecular weight excluding hydrogens is 284 g/mol. The molecule has 1 aliphatic rings. The average Bonchev–Trinajstić information content (AvgIpc) is 2.54. The first-order valence-electron chi connectivity index (χ1n) is 9.05. The van der Waals surface area contributed by atoms with Crippen LogP contribution in [0.5, 0.6) is 0 Å². The van der Waals surface area contributed by atoms with Gasteiger partial charge in [-0.15, -0.1) is 0 Å². The van der Waals surface area contributed by atoms with Crippen molar-refractivity contribution in [3.05, 3.63) is 35.9 Å². The van der Waals surface area contributed by atoms with Crippen LogP contribution in [0.15, 0.2) is 30.3 Å². The Balaban J connectivity index is 1.91. The number of nitrogens with zero attached hydrogens (tertiary/aromatic N) is 1. The molecule has 0 saturated heterocycles. The number of carbonyl (C=O) groups is 1. The minimum absolute atomic E-state index is 0.203. The maximum absolute atomic E-state index is 12.7. The second-order valence-electron chi connectivity index (χ2n) is 7.36. The second-order valence-corrected chi connectivity index (χ2v) is 7.36. The molecule has 0 unspecified atom stereocenters. The highest BCUT2D eigenvalue weighted by Gasteiger charge is 2.27. The van der Waals surface area contributed by atoms with E-state index in [0.717, 1.165) is 5.92 Å². The van der Waals surface area contributed by atoms with Gasteiger partial charge in [-0.1, -0.05) is 57.0 Å². The van der Waals surface area contributed by atoms with Crippen molar-refractivity contribution in [1.82, 2.24) is 10.2 Å². The molecule has 0 bridgehead atoms. The predicted octanol–water partition coefficient (Wildman–Crippen LogP) is 3.84. The van der Waals surface area contributed by atoms with Crippen LogP contribution in [-0.2, 0) is 11.3 Å². The van der Waals surface area contributed by atoms with Gasteiger partial charge >= 0.3 is 0 Å². The van der Waals surface area contributed by atoms with Gasteiger partial charge < -0.3 is 10.2 Å². The van der Waals surface area contributed by atoms with E-state index in [-0.39, 0.29) is 11.9 Å². The van der Waals surface area contributed by atoms with Crippen LogP contribution < -0.4 is 5.32 Å². The largest absolute Gasteiger partial charge is 0.335 e. The first-order valence-corrected chi connectivity index (χ1v) is 9.05. The van der Waals surface area contributed by atoms with Gasteiger partial charge in [-0.05, 0) is 37.7 Å². The van der Waals surface area contributed by atoms with Crippen molar-refractivity contribution in [3.8, 4) is 0 Å². The third kappa shape index (κ3) is 5.07. The van der Waals surface area contributed by atoms with Gasteiger partial charge in [0.2, 0.25) is 5.91 Å². The zero-order valence-corrected chi connectivity index (χ0v) is 15.1. The molecule has 1 amide bonds. The molecule has 128 valence electrons. The lowest BCUT2D eigenvalue weighted by Gasteiger charge is -2.35. The van der Waals surface area contributed by atoms with Crippen molar-refractivity contribution in [2.75, 3.05) is 6.54 Å². The van der Waals surface area contributed by atoms with Crippen LogP contribution in [0, 0.1) is 11.8 Å². The van der Waals surface area contributed by atoms with E-state index in [0.29, 0.717) is 25.0 Å². The third-order valence-corrected chi connectivity index (χ3v) is 5.36. The summed E-state index contributed by atoms with van der Waals surface area (Å²) >= 11 is 0. The molecule has 1 saturated carbocycles. The van der Waals surface area contributed by atoms with Crippen LogP contribution in [0.1, 0.15) is 52.5 Å². The Kier molecular flexibility index (Phi) is 6.64. The van der Waals surface area contributed by atoms with Gasteiger partial charge in [0.05, 0.1) is 6.54 Å². The summed E-state index contributed by atoms with van der Waals surface area (Å²) in [5.74, 6) is 1.61. The zero-order valence-electron chi connectivity index (χ0n) is 15.1. The van der Waals surface area contributed by atoms with E-state index in [1.54, 1.807) is 0 Å². The van der Waals surface area contributed by atoms with E-state index in [9.17, 15) is 4.79 Å². The summed E-state index contributed by atoms with van der Waals surface area (Å²) in [5, 5.41) is 3.53. The topological polar surface area (TPSA) is 32.3 Å². The Hall–Kier alpha value is -1.35. The van der Waals surface area contributed by atoms with Crippen LogP contribution in [0.4, 0.5) is 0 Å². The maximum atomic E-state index is 12.7. The summed E-state index contributed by atoms with van der Waals surface area (Å²) in [4.78, 5) is 14.7. The smallest absolute Gasteiger partial charge is 0.237 e. The van der Waals surface area contributed by atoms with Crippen LogP contribution >= 0.6 is 0 Å². The van der Waals surface area contributed by atoms with Gasteiger partial charge in [0.1, 0.15) is 0 Å². The van der Waals surface area contributed by atoms with E-state index >= 15 is 0 Å². The molecule has 0 aliphatic heterocycles. The quantitative estimate of drug-likeness (QED) is 0.865. The van der Waals surface area contributed by atoms with Gasteiger partial charge in [0, 0.05) is 18.6 Å². The molecule has 1 N–H and O–H groups in total. The first kappa shape index (κ1) is 18.0. The minimum atomic E-state index is 0.203. The summed E-state index contributed by atoms with van der Waals surface area (Å²) in [6.45, 7) is 9.97. The number of hydrogen-bond donors (Lipinski definition) is 1. The number of hydrogen-bond acceptors (Lipinski definition) is 2. The fourth-order valence-corrected chi connectivity index (χ4v) is 3.53. The van der Waals surface area contributed by atoms with Gasteiger partial charge in [0.25, 0.3) is 0 Å². The molecule has 1 fully saturated rings. The molecule has 0 spiro atoms. The summed E-state index contributed by atoms with van der Waals surface area (Å²) in [6.07, 6.45) is 3.79. The molecule has 1 aliphatic carbocycles. The second kappa shape index (κ2) is 8.49. The van der Waals surface area contributed by atoms with Crippen molar-refractivity contribution < 1.29 is 4.79 Å². The lowest BCUT2D eigenvalue weighted by Crippen LogP contribution is -2.47. The van der Waals surface area contributed by atoms with Gasteiger partial charge in [-0.2, -0.15) is 0 Å². The van der Waals surface area contributed by atoms with Crippen molar-refractivity contribution in [1.29, 1.82) is 0 Å². The predicted molar refractivity (Wildman–Crippen MR) is 96.1 cm³/mol. The molecule has 0 aromatic heterocycles. The van der Waals surface area contributed by atoms with Crippen LogP contribution in [-0.4, -0.2) is 29.4 Å². The van der Waals surface area contributed by atoms with Crippen molar-refractivity contribution in [2.24, 2.45) is 11.8 Å². The Morgan fingerprint density at radius 2 is 1.91 bits per heavy atom. The molecule has 23 heavy (non-hydrogen) atoms. The van der Waals surface area contributed by atoms with Crippen LogP contribution in [0.3, 0.4) is 0 Å². The van der Waals surface area contributed by atoms with Gasteiger partial charge in [-0.25, -0.2) is 0 Å². The Morgan fingerprint density at radius 3 is 2.57 bits per heavy atom. The normalized spacial score (nSPS) is 24.7. The third-order valence-electron chi connectivity index (χ3n) is 5.36. The molecular formula is C20H32N2O. The van der Waals surface area contributed by atoms with Crippen molar-refractivity contribution in [3.63, 3.8) is 0 Å². The highest BCUT2D eigenvalue weighted by molar-refractivity contribution is 5.78. The fourth-order valence-electron chi connectivity index (χ4n) is 3.53. The number of carbonyl (C=O) groups excluding carboxylic acids is 1. The highest BCUT2D eigenvalue weighted by atomic mass is 16.2. The molecule has 0 heterocycles. The molecule has 3 nitrogen and oxygen atoms in total. The summed E-state index contributed by atoms with van der Waals surface area (Å²) in [5.41, 5.74) is 1.19. The molecule has 3 heteroatoms. The van der Waals surface area contributed by atoms with Crippen LogP contribution in [0.2, 0.25) is 0 Å². The summed E-state index contributed by atoms with van der Waals surface area (Å²) in [6, 6.07) is 10.9. The van der Waals surface area contributed by atoms with E-state index in [1.165, 1.54) is 24.8 Å². The summed E-state index contributed by atoms with van der Waals surface area (Å²) < 4.78 is 0. The highest BCUT2D eigenvalue weighted by Crippen LogP contribution is 2.29. The Labute approximate surface area is 141 Å². The van der Waals surface area contributed by atoms with E-state index in [1.807, 2.05) is 23.1 Å². The maximum Gasteiger partial charge on any atom is 0.237 e. The Bertz CT molecular complexity index is 486. The molecule has 1 aromatic carbocycles. The number of rotatable bonds is 6. The monoisotopic (exact) mass is 316 g/mol. The van der Waals surface area contributed by atoms with E-state index < -0.39 is 0 Å². The first-order chi connectivity index (χ1) is 11.0. The van der Waals surface area contributed by atoms with Crippen LogP contribution in [0.25, 0.3) is 0 Å². The lowest BCUT2D eigenvalue weighted by atomic mass is 9.78. The van der Waals surface area contributed by atoms with Gasteiger partial charge in [-0.3, -0.25) is 4.79 Å². The zero-order chi connectivity index (χ0) is 16.8. The van der Waals surface area contributed by atoms with Crippen molar-refractivity contribution >= 4 is 5.91 Å². The lowest BCUT2D eigenvalue weighted by molar-refractivity contribution is -0.132. The average molecular weight is 316 g/mol. The molecule has 2 rings (SSSR count). The van der Waals surface area contributed by atoms with E-state index in [4.69, 9.17) is 0 Å². The Morgan fingerprint density at radius 1 is 1.22 bits per heavy atom. The fraction of sp³-hybridized carbons (Fsp3) is 0.650. The molecule has 0 radical (unpaired) electrons. The molecule has 1 aromatic rings. The number of amides is 1. The molecule has 3 atom stereocenters. The minimum Gasteiger partial charge on any atom is -0.335 e. The number of nitrogens with one attached hydrogen (secondary N) is 1. The van der Waals surface area contributed by atoms with Crippen molar-refractivity contribution in [2.45, 2.75) is 65.6 Å². The summed E-state index contributed by atoms with van der Waals surface area (Å²) in [7, 11) is 0. The standard InChI is InChI=1S/C20H32N2O/c1-15(2)22(14-18-10-6-5-7-11-18)20(23)13-21-19-12-8-9-16(3)17(19)4/h5-7,10-11,15-17,19,21H,8-9,12-14H2,1-4H3/t16-,17+,19-/m0/s1. The van der Waals surface area contributed by atoms with Gasteiger partial charge in [0.15, 0.2) is 0 Å². The SMILES string of the molecule is CC(C)N(Cc1ccccc1)C(=O)CN[C@H]1CCC[C@H](C)[C@H]1C. The number of benzene rings is 1.